The van der Waals surface area contributed by atoms with Gasteiger partial charge in [0, 0.05) is 14.7 Å². The molecular weight excluding hydrogens is 300 g/mol. The van der Waals surface area contributed by atoms with E-state index >= 15 is 0 Å². The Kier molecular flexibility index (Phi) is 5.25. The first-order chi connectivity index (χ1) is 10.4. The molecule has 0 spiro atoms. The summed E-state index contributed by atoms with van der Waals surface area (Å²) in [6.07, 6.45) is 2.95. The Hall–Kier alpha value is -1.80. The number of aromatic nitrogens is 4. The zero-order valence-electron chi connectivity index (χ0n) is 13.5. The van der Waals surface area contributed by atoms with E-state index in [2.05, 4.69) is 34.6 Å². The van der Waals surface area contributed by atoms with Crippen molar-refractivity contribution in [2.75, 3.05) is 13.2 Å². The summed E-state index contributed by atoms with van der Waals surface area (Å²) in [6.45, 7) is 10.0. The van der Waals surface area contributed by atoms with Gasteiger partial charge in [0.15, 0.2) is 11.3 Å². The summed E-state index contributed by atoms with van der Waals surface area (Å²) in [5.41, 5.74) is 1.20. The average Bonchev–Trinajstić information content (AvgIpc) is 2.86. The van der Waals surface area contributed by atoms with Gasteiger partial charge in [-0.2, -0.15) is 0 Å². The third kappa shape index (κ3) is 4.11. The Balaban J connectivity index is 2.09. The molecule has 0 saturated carbocycles. The molecule has 0 unspecified atom stereocenters. The highest BCUT2D eigenvalue weighted by Gasteiger charge is 2.17. The summed E-state index contributed by atoms with van der Waals surface area (Å²) in [5.74, 6) is -0.486. The number of carbonyl (C=O) groups is 1. The van der Waals surface area contributed by atoms with Gasteiger partial charge >= 0.3 is 5.97 Å². The Bertz CT molecular complexity index is 651. The van der Waals surface area contributed by atoms with E-state index in [1.807, 2.05) is 0 Å². The second-order valence-corrected chi connectivity index (χ2v) is 11.8. The van der Waals surface area contributed by atoms with Crippen LogP contribution in [0.5, 0.6) is 0 Å². The molecule has 0 aliphatic heterocycles. The van der Waals surface area contributed by atoms with Gasteiger partial charge in [-0.25, -0.2) is 19.7 Å². The molecule has 2 aromatic rings. The van der Waals surface area contributed by atoms with Crippen molar-refractivity contribution in [3.63, 3.8) is 0 Å². The number of esters is 1. The molecule has 22 heavy (non-hydrogen) atoms. The molecule has 7 nitrogen and oxygen atoms in total. The molecule has 0 atom stereocenters. The first kappa shape index (κ1) is 16.6. The van der Waals surface area contributed by atoms with Crippen LogP contribution in [0.3, 0.4) is 0 Å². The predicted octanol–water partition coefficient (Wildman–Crippen LogP) is 2.32. The second kappa shape index (κ2) is 6.97. The summed E-state index contributed by atoms with van der Waals surface area (Å²) in [5, 5.41) is 0. The number of imidazole rings is 1. The second-order valence-electron chi connectivity index (χ2n) is 6.18. The highest BCUT2D eigenvalue weighted by atomic mass is 28.3. The Morgan fingerprint density at radius 1 is 1.27 bits per heavy atom. The number of carbonyl (C=O) groups excluding carboxylic acids is 1. The fourth-order valence-electron chi connectivity index (χ4n) is 1.87. The third-order valence-corrected chi connectivity index (χ3v) is 4.80. The molecule has 0 saturated heterocycles. The van der Waals surface area contributed by atoms with Crippen molar-refractivity contribution in [1.29, 1.82) is 0 Å². The van der Waals surface area contributed by atoms with E-state index in [0.29, 0.717) is 31.1 Å². The van der Waals surface area contributed by atoms with Crippen molar-refractivity contribution in [1.82, 2.24) is 19.5 Å². The maximum absolute atomic E-state index is 11.9. The maximum atomic E-state index is 11.9. The lowest BCUT2D eigenvalue weighted by Crippen LogP contribution is -2.22. The van der Waals surface area contributed by atoms with Gasteiger partial charge in [-0.15, -0.1) is 0 Å². The number of hydrogen-bond acceptors (Lipinski definition) is 6. The van der Waals surface area contributed by atoms with Crippen molar-refractivity contribution in [2.24, 2.45) is 0 Å². The van der Waals surface area contributed by atoms with Gasteiger partial charge in [0.25, 0.3) is 0 Å². The van der Waals surface area contributed by atoms with Gasteiger partial charge in [0.1, 0.15) is 18.6 Å². The van der Waals surface area contributed by atoms with Crippen LogP contribution in [0.1, 0.15) is 17.4 Å². The molecule has 0 fully saturated rings. The third-order valence-electron chi connectivity index (χ3n) is 3.10. The van der Waals surface area contributed by atoms with Crippen LogP contribution in [0.2, 0.25) is 25.7 Å². The van der Waals surface area contributed by atoms with E-state index in [9.17, 15) is 4.79 Å². The molecule has 0 amide bonds. The van der Waals surface area contributed by atoms with Gasteiger partial charge in [0.05, 0.1) is 12.9 Å². The minimum Gasteiger partial charge on any atom is -0.461 e. The van der Waals surface area contributed by atoms with Gasteiger partial charge in [0.2, 0.25) is 0 Å². The molecule has 8 heteroatoms. The number of fused-ring (bicyclic) bond motifs is 1. The molecule has 0 bridgehead atoms. The summed E-state index contributed by atoms with van der Waals surface area (Å²) in [4.78, 5) is 24.2. The predicted molar refractivity (Wildman–Crippen MR) is 85.4 cm³/mol. The summed E-state index contributed by atoms with van der Waals surface area (Å²) < 4.78 is 12.4. The first-order valence-corrected chi connectivity index (χ1v) is 11.0. The van der Waals surface area contributed by atoms with E-state index in [1.165, 1.54) is 6.33 Å². The van der Waals surface area contributed by atoms with Gasteiger partial charge < -0.3 is 9.47 Å². The van der Waals surface area contributed by atoms with Crippen LogP contribution in [-0.2, 0) is 16.2 Å². The van der Waals surface area contributed by atoms with E-state index < -0.39 is 14.0 Å². The lowest BCUT2D eigenvalue weighted by Gasteiger charge is -2.15. The van der Waals surface area contributed by atoms with Crippen LogP contribution >= 0.6 is 0 Å². The molecule has 0 aromatic carbocycles. The number of ether oxygens (including phenoxy) is 2. The molecule has 0 N–H and O–H groups in total. The lowest BCUT2D eigenvalue weighted by atomic mass is 10.3. The van der Waals surface area contributed by atoms with Crippen molar-refractivity contribution in [2.45, 2.75) is 39.3 Å². The Morgan fingerprint density at radius 3 is 2.73 bits per heavy atom. The standard InChI is InChI=1S/C14H22N4O3Si/c1-5-21-14(19)12-11-13(16-8-15-12)18(9-17-11)10-20-6-7-22(2,3)4/h8-9H,5-7,10H2,1-4H3. The zero-order chi connectivity index (χ0) is 16.2. The molecule has 2 rings (SSSR count). The van der Waals surface area contributed by atoms with Crippen molar-refractivity contribution in [3.05, 3.63) is 18.3 Å². The van der Waals surface area contributed by atoms with Crippen molar-refractivity contribution < 1.29 is 14.3 Å². The number of rotatable bonds is 7. The number of hydrogen-bond donors (Lipinski definition) is 0. The zero-order valence-corrected chi connectivity index (χ0v) is 14.5. The lowest BCUT2D eigenvalue weighted by molar-refractivity contribution is 0.0521. The van der Waals surface area contributed by atoms with Crippen LogP contribution < -0.4 is 0 Å². The molecule has 0 aliphatic carbocycles. The van der Waals surface area contributed by atoms with Crippen molar-refractivity contribution in [3.8, 4) is 0 Å². The topological polar surface area (TPSA) is 79.1 Å². The van der Waals surface area contributed by atoms with Crippen LogP contribution in [-0.4, -0.2) is 46.8 Å². The SMILES string of the molecule is CCOC(=O)c1ncnc2c1ncn2COCC[Si](C)(C)C. The maximum Gasteiger partial charge on any atom is 0.359 e. The Labute approximate surface area is 130 Å². The average molecular weight is 322 g/mol. The quantitative estimate of drug-likeness (QED) is 0.442. The van der Waals surface area contributed by atoms with Crippen molar-refractivity contribution >= 4 is 25.2 Å². The van der Waals surface area contributed by atoms with Gasteiger partial charge in [-0.05, 0) is 13.0 Å². The van der Waals surface area contributed by atoms with E-state index in [0.717, 1.165) is 6.04 Å². The monoisotopic (exact) mass is 322 g/mol. The molecule has 0 aliphatic rings. The smallest absolute Gasteiger partial charge is 0.359 e. The largest absolute Gasteiger partial charge is 0.461 e. The Morgan fingerprint density at radius 2 is 2.05 bits per heavy atom. The molecule has 2 aromatic heterocycles. The van der Waals surface area contributed by atoms with E-state index in [-0.39, 0.29) is 5.69 Å². The van der Waals surface area contributed by atoms with Crippen LogP contribution in [0.25, 0.3) is 11.2 Å². The molecular formula is C14H22N4O3Si. The van der Waals surface area contributed by atoms with Gasteiger partial charge in [-0.1, -0.05) is 19.6 Å². The summed E-state index contributed by atoms with van der Waals surface area (Å²) in [6, 6.07) is 1.10. The molecule has 0 radical (unpaired) electrons. The number of nitrogens with zero attached hydrogens (tertiary/aromatic N) is 4. The minimum absolute atomic E-state index is 0.188. The molecule has 120 valence electrons. The fourth-order valence-corrected chi connectivity index (χ4v) is 2.62. The van der Waals surface area contributed by atoms with Crippen LogP contribution in [0.15, 0.2) is 12.7 Å². The highest BCUT2D eigenvalue weighted by molar-refractivity contribution is 6.76. The van der Waals surface area contributed by atoms with Gasteiger partial charge in [-0.3, -0.25) is 4.57 Å². The summed E-state index contributed by atoms with van der Waals surface area (Å²) in [7, 11) is -1.10. The molecule has 2 heterocycles. The van der Waals surface area contributed by atoms with E-state index in [1.54, 1.807) is 17.8 Å². The van der Waals surface area contributed by atoms with Crippen LogP contribution in [0.4, 0.5) is 0 Å². The van der Waals surface area contributed by atoms with Crippen LogP contribution in [0, 0.1) is 0 Å². The van der Waals surface area contributed by atoms with E-state index in [4.69, 9.17) is 9.47 Å². The highest BCUT2D eigenvalue weighted by Crippen LogP contribution is 2.14. The fraction of sp³-hybridized carbons (Fsp3) is 0.571. The minimum atomic E-state index is -1.10. The summed E-state index contributed by atoms with van der Waals surface area (Å²) >= 11 is 0. The first-order valence-electron chi connectivity index (χ1n) is 7.33. The normalized spacial score (nSPS) is 11.8.